The summed E-state index contributed by atoms with van der Waals surface area (Å²) in [5.41, 5.74) is -0.728. The van der Waals surface area contributed by atoms with Crippen LogP contribution >= 0.6 is 0 Å². The van der Waals surface area contributed by atoms with Gasteiger partial charge in [-0.15, -0.1) is 0 Å². The highest BCUT2D eigenvalue weighted by molar-refractivity contribution is 5.85. The molecular formula is C24H32N4O6. The number of fused-ring (bicyclic) bond motifs is 1. The summed E-state index contributed by atoms with van der Waals surface area (Å²) in [6.45, 7) is 3.71. The van der Waals surface area contributed by atoms with Crippen LogP contribution < -0.4 is 21.9 Å². The molecule has 1 fully saturated rings. The summed E-state index contributed by atoms with van der Waals surface area (Å²) >= 11 is 0. The molecule has 3 rings (SSSR count). The van der Waals surface area contributed by atoms with E-state index in [2.05, 4.69) is 15.6 Å². The summed E-state index contributed by atoms with van der Waals surface area (Å²) in [5.74, 6) is -1.92. The van der Waals surface area contributed by atoms with Gasteiger partial charge in [0.2, 0.25) is 11.8 Å². The Hall–Kier alpha value is -3.43. The molecular weight excluding hydrogens is 440 g/mol. The van der Waals surface area contributed by atoms with E-state index < -0.39 is 29.2 Å². The molecule has 10 heteroatoms. The first-order chi connectivity index (χ1) is 16.2. The molecule has 0 spiro atoms. The van der Waals surface area contributed by atoms with Crippen LogP contribution in [0.15, 0.2) is 33.9 Å². The quantitative estimate of drug-likeness (QED) is 0.431. The number of carboxylic acids is 1. The van der Waals surface area contributed by atoms with Crippen LogP contribution in [0.25, 0.3) is 10.9 Å². The topological polar surface area (TPSA) is 150 Å². The Balaban J connectivity index is 1.49. The van der Waals surface area contributed by atoms with E-state index >= 15 is 0 Å². The summed E-state index contributed by atoms with van der Waals surface area (Å²) in [7, 11) is 0. The summed E-state index contributed by atoms with van der Waals surface area (Å²) in [5, 5.41) is 15.2. The fraction of sp³-hybridized carbons (Fsp3) is 0.542. The van der Waals surface area contributed by atoms with Gasteiger partial charge in [0, 0.05) is 12.5 Å². The molecule has 2 amide bonds. The van der Waals surface area contributed by atoms with E-state index in [1.165, 1.54) is 0 Å². The fourth-order valence-corrected chi connectivity index (χ4v) is 4.38. The summed E-state index contributed by atoms with van der Waals surface area (Å²) < 4.78 is 0.884. The Morgan fingerprint density at radius 3 is 2.47 bits per heavy atom. The molecule has 0 bridgehead atoms. The van der Waals surface area contributed by atoms with Crippen LogP contribution in [0.4, 0.5) is 0 Å². The molecule has 0 aliphatic heterocycles. The van der Waals surface area contributed by atoms with Crippen molar-refractivity contribution in [2.45, 2.75) is 58.5 Å². The number of aromatic nitrogens is 2. The molecule has 0 radical (unpaired) electrons. The molecule has 1 aliphatic carbocycles. The van der Waals surface area contributed by atoms with Crippen molar-refractivity contribution >= 4 is 28.7 Å². The average Bonchev–Trinajstić information content (AvgIpc) is 2.83. The van der Waals surface area contributed by atoms with Crippen molar-refractivity contribution in [2.75, 3.05) is 6.54 Å². The van der Waals surface area contributed by atoms with Crippen LogP contribution in [0.2, 0.25) is 0 Å². The lowest BCUT2D eigenvalue weighted by atomic mass is 9.81. The summed E-state index contributed by atoms with van der Waals surface area (Å²) in [6, 6.07) is 5.73. The van der Waals surface area contributed by atoms with Crippen LogP contribution in [0.1, 0.15) is 46.0 Å². The van der Waals surface area contributed by atoms with Crippen molar-refractivity contribution in [2.24, 2.45) is 17.8 Å². The number of carbonyl (C=O) groups excluding carboxylic acids is 2. The van der Waals surface area contributed by atoms with E-state index in [4.69, 9.17) is 0 Å². The molecule has 184 valence electrons. The Labute approximate surface area is 196 Å². The molecule has 0 unspecified atom stereocenters. The predicted octanol–water partition coefficient (Wildman–Crippen LogP) is 1.23. The largest absolute Gasteiger partial charge is 0.480 e. The monoisotopic (exact) mass is 472 g/mol. The van der Waals surface area contributed by atoms with E-state index in [-0.39, 0.29) is 30.2 Å². The van der Waals surface area contributed by atoms with Gasteiger partial charge in [0.25, 0.3) is 5.56 Å². The van der Waals surface area contributed by atoms with Gasteiger partial charge in [0.05, 0.1) is 10.9 Å². The van der Waals surface area contributed by atoms with E-state index in [1.807, 2.05) is 6.92 Å². The first-order valence-electron chi connectivity index (χ1n) is 11.7. The van der Waals surface area contributed by atoms with Gasteiger partial charge in [-0.3, -0.25) is 19.0 Å². The molecule has 2 aromatic rings. The van der Waals surface area contributed by atoms with Crippen molar-refractivity contribution < 1.29 is 19.5 Å². The highest BCUT2D eigenvalue weighted by Crippen LogP contribution is 2.29. The number of hydrogen-bond donors (Lipinski definition) is 4. The maximum atomic E-state index is 12.6. The zero-order valence-corrected chi connectivity index (χ0v) is 19.5. The van der Waals surface area contributed by atoms with Crippen molar-refractivity contribution in [1.82, 2.24) is 20.2 Å². The smallest absolute Gasteiger partial charge is 0.329 e. The SMILES string of the molecule is CC[C@@H](C)[C@H](NC(=O)C1CCC(CNC(=O)Cn2c(=O)[nH]c3ccccc3c2=O)CC1)C(=O)O. The fourth-order valence-electron chi connectivity index (χ4n) is 4.38. The maximum Gasteiger partial charge on any atom is 0.329 e. The molecule has 4 N–H and O–H groups in total. The minimum absolute atomic E-state index is 0.157. The highest BCUT2D eigenvalue weighted by Gasteiger charge is 2.31. The molecule has 1 aliphatic rings. The molecule has 34 heavy (non-hydrogen) atoms. The number of nitrogens with one attached hydrogen (secondary N) is 3. The van der Waals surface area contributed by atoms with Gasteiger partial charge in [-0.25, -0.2) is 9.59 Å². The second kappa shape index (κ2) is 11.1. The van der Waals surface area contributed by atoms with E-state index in [9.17, 15) is 29.1 Å². The number of aliphatic carboxylic acids is 1. The van der Waals surface area contributed by atoms with Crippen LogP contribution in [0.3, 0.4) is 0 Å². The third kappa shape index (κ3) is 5.92. The minimum Gasteiger partial charge on any atom is -0.480 e. The summed E-state index contributed by atoms with van der Waals surface area (Å²) in [4.78, 5) is 63.8. The Kier molecular flexibility index (Phi) is 8.25. The van der Waals surface area contributed by atoms with Gasteiger partial charge < -0.3 is 20.7 Å². The number of hydrogen-bond acceptors (Lipinski definition) is 5. The average molecular weight is 473 g/mol. The van der Waals surface area contributed by atoms with E-state index in [0.717, 1.165) is 17.4 Å². The van der Waals surface area contributed by atoms with Gasteiger partial charge in [-0.05, 0) is 49.7 Å². The number of benzene rings is 1. The van der Waals surface area contributed by atoms with Gasteiger partial charge in [-0.1, -0.05) is 32.4 Å². The van der Waals surface area contributed by atoms with Crippen LogP contribution in [0.5, 0.6) is 0 Å². The standard InChI is InChI=1S/C24H32N4O6/c1-3-14(2)20(23(32)33)27-21(30)16-10-8-15(9-11-16)12-25-19(29)13-28-22(31)17-6-4-5-7-18(17)26-24(28)34/h4-7,14-16,20H,3,8-13H2,1-2H3,(H,25,29)(H,26,34)(H,27,30)(H,32,33)/t14-,15?,16?,20+/m1/s1. The normalized spacial score (nSPS) is 19.8. The maximum absolute atomic E-state index is 12.6. The van der Waals surface area contributed by atoms with Gasteiger partial charge in [0.1, 0.15) is 12.6 Å². The second-order valence-corrected chi connectivity index (χ2v) is 9.10. The number of rotatable bonds is 9. The molecule has 10 nitrogen and oxygen atoms in total. The molecule has 1 aromatic heterocycles. The third-order valence-electron chi connectivity index (χ3n) is 6.77. The van der Waals surface area contributed by atoms with Gasteiger partial charge in [-0.2, -0.15) is 0 Å². The molecule has 0 saturated heterocycles. The first-order valence-corrected chi connectivity index (χ1v) is 11.7. The number of carbonyl (C=O) groups is 3. The van der Waals surface area contributed by atoms with Gasteiger partial charge >= 0.3 is 11.7 Å². The number of H-pyrrole nitrogens is 1. The van der Waals surface area contributed by atoms with Crippen LogP contribution in [0, 0.1) is 17.8 Å². The van der Waals surface area contributed by atoms with Crippen molar-refractivity contribution in [1.29, 1.82) is 0 Å². The van der Waals surface area contributed by atoms with Crippen molar-refractivity contribution in [3.63, 3.8) is 0 Å². The number of carboxylic acid groups (broad SMARTS) is 1. The van der Waals surface area contributed by atoms with Crippen LogP contribution in [-0.4, -0.2) is 45.0 Å². The predicted molar refractivity (Wildman–Crippen MR) is 126 cm³/mol. The molecule has 2 atom stereocenters. The minimum atomic E-state index is -1.02. The van der Waals surface area contributed by atoms with E-state index in [0.29, 0.717) is 36.7 Å². The Morgan fingerprint density at radius 2 is 1.82 bits per heavy atom. The first kappa shape index (κ1) is 25.2. The number of nitrogens with zero attached hydrogens (tertiary/aromatic N) is 1. The lowest BCUT2D eigenvalue weighted by molar-refractivity contribution is -0.144. The number of aromatic amines is 1. The Morgan fingerprint density at radius 1 is 1.15 bits per heavy atom. The molecule has 1 aromatic carbocycles. The van der Waals surface area contributed by atoms with Gasteiger partial charge in [0.15, 0.2) is 0 Å². The van der Waals surface area contributed by atoms with Crippen LogP contribution in [-0.2, 0) is 20.9 Å². The zero-order valence-electron chi connectivity index (χ0n) is 19.5. The van der Waals surface area contributed by atoms with E-state index in [1.54, 1.807) is 31.2 Å². The van der Waals surface area contributed by atoms with Crippen molar-refractivity contribution in [3.05, 3.63) is 45.1 Å². The Bertz CT molecular complexity index is 1160. The lowest BCUT2D eigenvalue weighted by Crippen LogP contribution is -2.48. The van der Waals surface area contributed by atoms with Crippen molar-refractivity contribution in [3.8, 4) is 0 Å². The highest BCUT2D eigenvalue weighted by atomic mass is 16.4. The molecule has 1 heterocycles. The summed E-state index contributed by atoms with van der Waals surface area (Å²) in [6.07, 6.45) is 3.32. The second-order valence-electron chi connectivity index (χ2n) is 9.10. The number of para-hydroxylation sites is 1. The zero-order chi connectivity index (χ0) is 24.8. The third-order valence-corrected chi connectivity index (χ3v) is 6.77. The number of amides is 2. The molecule has 1 saturated carbocycles. The lowest BCUT2D eigenvalue weighted by Gasteiger charge is -2.29.